The van der Waals surface area contributed by atoms with E-state index in [2.05, 4.69) is 4.98 Å². The van der Waals surface area contributed by atoms with Gasteiger partial charge in [-0.05, 0) is 19.9 Å². The fraction of sp³-hybridized carbons (Fsp3) is 0.333. The molecule has 0 atom stereocenters. The molecule has 0 aliphatic rings. The second-order valence-electron chi connectivity index (χ2n) is 3.81. The lowest BCUT2D eigenvalue weighted by Gasteiger charge is -2.04. The molecule has 6 heteroatoms. The minimum absolute atomic E-state index is 0.272. The quantitative estimate of drug-likeness (QED) is 0.915. The minimum atomic E-state index is -0.933. The summed E-state index contributed by atoms with van der Waals surface area (Å²) in [6.07, 6.45) is 0.754. The van der Waals surface area contributed by atoms with E-state index in [9.17, 15) is 4.79 Å². The summed E-state index contributed by atoms with van der Waals surface area (Å²) in [7, 11) is 0. The molecule has 0 aliphatic heterocycles. The number of carboxylic acid groups (broad SMARTS) is 1. The van der Waals surface area contributed by atoms with Gasteiger partial charge in [0.05, 0.1) is 17.8 Å². The first kappa shape index (κ1) is 13.0. The monoisotopic (exact) mass is 283 g/mol. The number of carbonyl (C=O) groups is 1. The lowest BCUT2D eigenvalue weighted by molar-refractivity contribution is 0.0698. The lowest BCUT2D eigenvalue weighted by atomic mass is 10.3. The zero-order valence-corrected chi connectivity index (χ0v) is 11.7. The van der Waals surface area contributed by atoms with E-state index in [4.69, 9.17) is 9.84 Å². The van der Waals surface area contributed by atoms with Gasteiger partial charge in [-0.1, -0.05) is 0 Å². The highest BCUT2D eigenvalue weighted by molar-refractivity contribution is 7.14. The van der Waals surface area contributed by atoms with E-state index in [0.717, 1.165) is 17.0 Å². The second kappa shape index (κ2) is 5.49. The number of hydrogen-bond acceptors (Lipinski definition) is 5. The molecule has 0 unspecified atom stereocenters. The third kappa shape index (κ3) is 2.88. The maximum absolute atomic E-state index is 11.0. The van der Waals surface area contributed by atoms with Crippen LogP contribution >= 0.6 is 22.7 Å². The third-order valence-electron chi connectivity index (χ3n) is 2.45. The summed E-state index contributed by atoms with van der Waals surface area (Å²) in [6, 6.07) is 1.77. The van der Waals surface area contributed by atoms with Crippen molar-refractivity contribution in [2.24, 2.45) is 0 Å². The van der Waals surface area contributed by atoms with Crippen LogP contribution in [0.3, 0.4) is 0 Å². The fourth-order valence-corrected chi connectivity index (χ4v) is 3.12. The average Bonchev–Trinajstić information content (AvgIpc) is 2.86. The van der Waals surface area contributed by atoms with E-state index in [1.165, 1.54) is 16.2 Å². The number of rotatable bonds is 5. The van der Waals surface area contributed by atoms with E-state index in [-0.39, 0.29) is 4.88 Å². The number of aryl methyl sites for hydroxylation is 2. The van der Waals surface area contributed by atoms with Gasteiger partial charge in [-0.25, -0.2) is 9.78 Å². The van der Waals surface area contributed by atoms with Crippen molar-refractivity contribution in [2.45, 2.75) is 20.3 Å². The van der Waals surface area contributed by atoms with Gasteiger partial charge >= 0.3 is 5.97 Å². The molecule has 0 aliphatic carbocycles. The van der Waals surface area contributed by atoms with Crippen LogP contribution in [0.5, 0.6) is 5.75 Å². The smallest absolute Gasteiger partial charge is 0.349 e. The summed E-state index contributed by atoms with van der Waals surface area (Å²) >= 11 is 2.83. The molecule has 4 nitrogen and oxygen atoms in total. The Morgan fingerprint density at radius 1 is 1.50 bits per heavy atom. The Hall–Kier alpha value is -1.40. The predicted molar refractivity (Wildman–Crippen MR) is 72.1 cm³/mol. The molecule has 0 fully saturated rings. The van der Waals surface area contributed by atoms with Crippen molar-refractivity contribution in [3.63, 3.8) is 0 Å². The zero-order chi connectivity index (χ0) is 13.1. The van der Waals surface area contributed by atoms with Crippen molar-refractivity contribution in [1.82, 2.24) is 4.98 Å². The summed E-state index contributed by atoms with van der Waals surface area (Å²) in [5.41, 5.74) is 2.82. The van der Waals surface area contributed by atoms with Crippen LogP contribution in [0.15, 0.2) is 11.6 Å². The van der Waals surface area contributed by atoms with Crippen LogP contribution in [-0.2, 0) is 6.42 Å². The molecule has 0 radical (unpaired) electrons. The number of aromatic nitrogens is 1. The first-order valence-electron chi connectivity index (χ1n) is 5.43. The molecule has 1 N–H and O–H groups in total. The highest BCUT2D eigenvalue weighted by Crippen LogP contribution is 2.29. The number of aromatic carboxylic acids is 1. The van der Waals surface area contributed by atoms with Crippen LogP contribution in [0.2, 0.25) is 0 Å². The third-order valence-corrected chi connectivity index (χ3v) is 4.46. The molecule has 0 saturated carbocycles. The van der Waals surface area contributed by atoms with Crippen LogP contribution in [0.4, 0.5) is 0 Å². The van der Waals surface area contributed by atoms with Gasteiger partial charge in [-0.15, -0.1) is 22.7 Å². The summed E-state index contributed by atoms with van der Waals surface area (Å²) < 4.78 is 5.56. The number of ether oxygens (including phenoxy) is 1. The molecule has 0 aromatic carbocycles. The van der Waals surface area contributed by atoms with Crippen LogP contribution in [-0.4, -0.2) is 22.7 Å². The van der Waals surface area contributed by atoms with Gasteiger partial charge in [0, 0.05) is 16.2 Å². The molecule has 0 saturated heterocycles. The van der Waals surface area contributed by atoms with E-state index in [1.54, 1.807) is 17.4 Å². The molecule has 2 aromatic heterocycles. The Bertz CT molecular complexity index is 559. The van der Waals surface area contributed by atoms with Crippen LogP contribution in [0.25, 0.3) is 0 Å². The topological polar surface area (TPSA) is 59.4 Å². The van der Waals surface area contributed by atoms with Crippen molar-refractivity contribution in [2.75, 3.05) is 6.61 Å². The molecule has 18 heavy (non-hydrogen) atoms. The van der Waals surface area contributed by atoms with Crippen molar-refractivity contribution < 1.29 is 14.6 Å². The largest absolute Gasteiger partial charge is 0.491 e. The number of thiophene rings is 1. The number of thiazole rings is 1. The van der Waals surface area contributed by atoms with Crippen molar-refractivity contribution in [1.29, 1.82) is 0 Å². The molecular formula is C12H13NO3S2. The van der Waals surface area contributed by atoms with Crippen molar-refractivity contribution >= 4 is 28.6 Å². The Labute approximate surface area is 113 Å². The highest BCUT2D eigenvalue weighted by Gasteiger charge is 2.15. The molecule has 0 amide bonds. The SMILES string of the molecule is Cc1cc(OCCc2scnc2C)c(C(=O)O)s1. The molecule has 2 aromatic rings. The standard InChI is InChI=1S/C12H13NO3S2/c1-7-5-9(11(18-7)12(14)15)16-4-3-10-8(2)13-6-17-10/h5-6H,3-4H2,1-2H3,(H,14,15). The Balaban J connectivity index is 1.98. The minimum Gasteiger partial charge on any atom is -0.491 e. The fourth-order valence-electron chi connectivity index (χ4n) is 1.57. The molecular weight excluding hydrogens is 270 g/mol. The summed E-state index contributed by atoms with van der Waals surface area (Å²) in [5.74, 6) is -0.468. The molecule has 2 rings (SSSR count). The Morgan fingerprint density at radius 3 is 2.89 bits per heavy atom. The van der Waals surface area contributed by atoms with Gasteiger partial charge in [-0.3, -0.25) is 0 Å². The number of hydrogen-bond donors (Lipinski definition) is 1. The maximum atomic E-state index is 11.0. The molecule has 2 heterocycles. The van der Waals surface area contributed by atoms with Gasteiger partial charge in [0.15, 0.2) is 4.88 Å². The van der Waals surface area contributed by atoms with Gasteiger partial charge in [0.1, 0.15) is 5.75 Å². The summed E-state index contributed by atoms with van der Waals surface area (Å²) in [4.78, 5) is 17.6. The molecule has 0 bridgehead atoms. The van der Waals surface area contributed by atoms with Crippen LogP contribution in [0, 0.1) is 13.8 Å². The highest BCUT2D eigenvalue weighted by atomic mass is 32.1. The normalized spacial score (nSPS) is 10.6. The second-order valence-corrected chi connectivity index (χ2v) is 6.01. The first-order chi connectivity index (χ1) is 8.58. The first-order valence-corrected chi connectivity index (χ1v) is 7.13. The van der Waals surface area contributed by atoms with Gasteiger partial charge in [0.25, 0.3) is 0 Å². The van der Waals surface area contributed by atoms with Crippen molar-refractivity contribution in [3.05, 3.63) is 31.9 Å². The molecule has 96 valence electrons. The number of nitrogens with zero attached hydrogens (tertiary/aromatic N) is 1. The van der Waals surface area contributed by atoms with Crippen molar-refractivity contribution in [3.8, 4) is 5.75 Å². The van der Waals surface area contributed by atoms with Crippen LogP contribution in [0.1, 0.15) is 25.1 Å². The lowest BCUT2D eigenvalue weighted by Crippen LogP contribution is -2.04. The van der Waals surface area contributed by atoms with Gasteiger partial charge in [-0.2, -0.15) is 0 Å². The predicted octanol–water partition coefficient (Wildman–Crippen LogP) is 3.14. The zero-order valence-electron chi connectivity index (χ0n) is 10.1. The van der Waals surface area contributed by atoms with E-state index < -0.39 is 5.97 Å². The van der Waals surface area contributed by atoms with E-state index in [0.29, 0.717) is 12.4 Å². The number of carboxylic acids is 1. The summed E-state index contributed by atoms with van der Waals surface area (Å²) in [5, 5.41) is 9.03. The van der Waals surface area contributed by atoms with E-state index in [1.807, 2.05) is 19.4 Å². The summed E-state index contributed by atoms with van der Waals surface area (Å²) in [6.45, 7) is 4.31. The Kier molecular flexibility index (Phi) is 3.98. The van der Waals surface area contributed by atoms with Gasteiger partial charge in [0.2, 0.25) is 0 Å². The average molecular weight is 283 g/mol. The molecule has 0 spiro atoms. The van der Waals surface area contributed by atoms with Gasteiger partial charge < -0.3 is 9.84 Å². The van der Waals surface area contributed by atoms with Crippen LogP contribution < -0.4 is 4.74 Å². The van der Waals surface area contributed by atoms with E-state index >= 15 is 0 Å². The Morgan fingerprint density at radius 2 is 2.28 bits per heavy atom. The maximum Gasteiger partial charge on any atom is 0.349 e.